The molecule has 0 aromatic rings. The molecule has 0 fully saturated rings. The Bertz CT molecular complexity index is 2360. The van der Waals surface area contributed by atoms with Crippen molar-refractivity contribution in [1.29, 1.82) is 0 Å². The molecule has 0 saturated heterocycles. The summed E-state index contributed by atoms with van der Waals surface area (Å²) in [6.07, 6.45) is 80.6. The first-order chi connectivity index (χ1) is 49.7. The molecule has 0 aliphatic rings. The number of aliphatic hydroxyl groups is 1. The van der Waals surface area contributed by atoms with E-state index in [9.17, 15) is 43.2 Å². The quantitative estimate of drug-likeness (QED) is 0.0169. The van der Waals surface area contributed by atoms with Gasteiger partial charge in [0.05, 0.1) is 26.4 Å². The molecule has 5 unspecified atom stereocenters. The number of phosphoric ester groups is 2. The summed E-state index contributed by atoms with van der Waals surface area (Å²) in [4.78, 5) is 73.0. The molecule has 0 bridgehead atoms. The monoisotopic (exact) mass is 1470 g/mol. The first kappa shape index (κ1) is 97.7. The van der Waals surface area contributed by atoms with Crippen LogP contribution in [0, 0.1) is 0 Å². The first-order valence-corrected chi connectivity index (χ1v) is 43.1. The van der Waals surface area contributed by atoms with Crippen LogP contribution >= 0.6 is 15.6 Å². The van der Waals surface area contributed by atoms with Crippen LogP contribution in [0.15, 0.2) is 109 Å². The maximum atomic E-state index is 13.1. The second kappa shape index (κ2) is 75.0. The van der Waals surface area contributed by atoms with Gasteiger partial charge in [0.25, 0.3) is 0 Å². The van der Waals surface area contributed by atoms with Crippen LogP contribution in [-0.2, 0) is 65.4 Å². The lowest BCUT2D eigenvalue weighted by Crippen LogP contribution is -2.30. The lowest BCUT2D eigenvalue weighted by Gasteiger charge is -2.21. The van der Waals surface area contributed by atoms with Gasteiger partial charge in [-0.2, -0.15) is 0 Å². The van der Waals surface area contributed by atoms with E-state index in [0.717, 1.165) is 193 Å². The van der Waals surface area contributed by atoms with Crippen molar-refractivity contribution >= 4 is 39.5 Å². The third-order valence-corrected chi connectivity index (χ3v) is 18.6. The van der Waals surface area contributed by atoms with E-state index in [2.05, 4.69) is 137 Å². The fourth-order valence-electron chi connectivity index (χ4n) is 10.6. The number of rotatable bonds is 75. The molecule has 0 heterocycles. The Morgan fingerprint density at radius 2 is 0.510 bits per heavy atom. The van der Waals surface area contributed by atoms with Gasteiger partial charge in [-0.3, -0.25) is 37.3 Å². The van der Waals surface area contributed by atoms with Crippen LogP contribution in [0.25, 0.3) is 0 Å². The molecule has 0 aliphatic carbocycles. The van der Waals surface area contributed by atoms with Crippen LogP contribution in [0.2, 0.25) is 0 Å². The number of phosphoric acid groups is 2. The van der Waals surface area contributed by atoms with Crippen molar-refractivity contribution in [2.24, 2.45) is 0 Å². The molecule has 0 saturated carbocycles. The highest BCUT2D eigenvalue weighted by Crippen LogP contribution is 2.45. The smallest absolute Gasteiger partial charge is 0.462 e. The molecule has 588 valence electrons. The van der Waals surface area contributed by atoms with E-state index in [1.54, 1.807) is 0 Å². The van der Waals surface area contributed by atoms with Gasteiger partial charge in [-0.15, -0.1) is 0 Å². The number of unbranched alkanes of at least 4 members (excludes halogenated alkanes) is 31. The molecule has 102 heavy (non-hydrogen) atoms. The Kier molecular flexibility index (Phi) is 71.8. The topological polar surface area (TPSA) is 237 Å². The number of carbonyl (C=O) groups excluding carboxylic acids is 4. The van der Waals surface area contributed by atoms with Crippen LogP contribution < -0.4 is 0 Å². The Hall–Kier alpha value is -4.28. The highest BCUT2D eigenvalue weighted by molar-refractivity contribution is 7.47. The summed E-state index contributed by atoms with van der Waals surface area (Å²) in [5.74, 6) is -2.22. The average Bonchev–Trinajstić information content (AvgIpc) is 0.939. The molecule has 0 rings (SSSR count). The SMILES string of the molecule is CC/C=C\C/C=C\C/C=C\C/C=C\CCCCCCC(=O)OCC(COP(=O)(O)OCC(O)COP(=O)(O)OCC(COC(=O)CCCCCCCCC/C=C\C/C=C\C/C=C\CC)OC(=O)CCCCCCC/C=C\CCCCCC)OC(=O)CCCCCCC/C=C\CCCCCCCC. The van der Waals surface area contributed by atoms with Crippen LogP contribution in [0.4, 0.5) is 0 Å². The zero-order valence-electron chi connectivity index (χ0n) is 64.3. The van der Waals surface area contributed by atoms with Gasteiger partial charge < -0.3 is 33.8 Å². The third-order valence-electron chi connectivity index (χ3n) is 16.7. The van der Waals surface area contributed by atoms with Gasteiger partial charge in [-0.25, -0.2) is 9.13 Å². The highest BCUT2D eigenvalue weighted by Gasteiger charge is 2.30. The molecule has 0 spiro atoms. The van der Waals surface area contributed by atoms with Crippen LogP contribution in [0.1, 0.15) is 336 Å². The van der Waals surface area contributed by atoms with Gasteiger partial charge in [0.2, 0.25) is 0 Å². The summed E-state index contributed by atoms with van der Waals surface area (Å²) in [5, 5.41) is 10.6. The zero-order chi connectivity index (χ0) is 74.6. The van der Waals surface area contributed by atoms with Crippen molar-refractivity contribution in [2.45, 2.75) is 354 Å². The molecule has 3 N–H and O–H groups in total. The lowest BCUT2D eigenvalue weighted by atomic mass is 10.1. The van der Waals surface area contributed by atoms with Crippen molar-refractivity contribution in [3.05, 3.63) is 109 Å². The summed E-state index contributed by atoms with van der Waals surface area (Å²) in [7, 11) is -9.97. The summed E-state index contributed by atoms with van der Waals surface area (Å²) in [6, 6.07) is 0. The fraction of sp³-hybridized carbons (Fsp3) is 0.735. The number of esters is 4. The molecule has 0 amide bonds. The van der Waals surface area contributed by atoms with Gasteiger partial charge >= 0.3 is 39.5 Å². The van der Waals surface area contributed by atoms with E-state index in [-0.39, 0.29) is 25.7 Å². The van der Waals surface area contributed by atoms with Crippen LogP contribution in [0.5, 0.6) is 0 Å². The van der Waals surface area contributed by atoms with Gasteiger partial charge in [-0.05, 0) is 148 Å². The second-order valence-corrected chi connectivity index (χ2v) is 29.5. The number of ether oxygens (including phenoxy) is 4. The molecule has 0 aromatic carbocycles. The van der Waals surface area contributed by atoms with Crippen molar-refractivity contribution in [3.8, 4) is 0 Å². The number of carbonyl (C=O) groups is 4. The minimum absolute atomic E-state index is 0.0789. The Labute approximate surface area is 619 Å². The summed E-state index contributed by atoms with van der Waals surface area (Å²) in [6.45, 7) is 4.61. The van der Waals surface area contributed by atoms with E-state index < -0.39 is 97.5 Å². The predicted molar refractivity (Wildman–Crippen MR) is 418 cm³/mol. The van der Waals surface area contributed by atoms with Gasteiger partial charge in [0.1, 0.15) is 19.3 Å². The average molecular weight is 1480 g/mol. The number of hydrogen-bond donors (Lipinski definition) is 3. The Morgan fingerprint density at radius 3 is 0.804 bits per heavy atom. The lowest BCUT2D eigenvalue weighted by molar-refractivity contribution is -0.161. The van der Waals surface area contributed by atoms with E-state index in [1.807, 2.05) is 0 Å². The molecule has 0 aromatic heterocycles. The highest BCUT2D eigenvalue weighted by atomic mass is 31.2. The third kappa shape index (κ3) is 74.0. The minimum atomic E-state index is -4.98. The van der Waals surface area contributed by atoms with E-state index in [4.69, 9.17) is 37.0 Å². The van der Waals surface area contributed by atoms with Crippen LogP contribution in [0.3, 0.4) is 0 Å². The van der Waals surface area contributed by atoms with Crippen molar-refractivity contribution in [3.63, 3.8) is 0 Å². The van der Waals surface area contributed by atoms with Crippen molar-refractivity contribution < 1.29 is 80.2 Å². The molecular weight excluding hydrogens is 1330 g/mol. The van der Waals surface area contributed by atoms with Crippen LogP contribution in [-0.4, -0.2) is 96.7 Å². The fourth-order valence-corrected chi connectivity index (χ4v) is 12.2. The summed E-state index contributed by atoms with van der Waals surface area (Å²) in [5.41, 5.74) is 0. The number of hydrogen-bond acceptors (Lipinski definition) is 15. The zero-order valence-corrected chi connectivity index (χ0v) is 66.0. The normalized spacial score (nSPS) is 14.5. The molecular formula is C83H144O17P2. The number of allylic oxidation sites excluding steroid dienone is 18. The Balaban J connectivity index is 5.37. The molecule has 19 heteroatoms. The minimum Gasteiger partial charge on any atom is -0.462 e. The van der Waals surface area contributed by atoms with E-state index in [1.165, 1.54) is 64.2 Å². The van der Waals surface area contributed by atoms with Gasteiger partial charge in [0.15, 0.2) is 12.2 Å². The maximum Gasteiger partial charge on any atom is 0.472 e. The largest absolute Gasteiger partial charge is 0.472 e. The van der Waals surface area contributed by atoms with Crippen molar-refractivity contribution in [2.75, 3.05) is 39.6 Å². The van der Waals surface area contributed by atoms with E-state index in [0.29, 0.717) is 25.7 Å². The predicted octanol–water partition coefficient (Wildman–Crippen LogP) is 23.3. The maximum absolute atomic E-state index is 13.1. The van der Waals surface area contributed by atoms with E-state index >= 15 is 0 Å². The first-order valence-electron chi connectivity index (χ1n) is 40.1. The standard InChI is InChI=1S/C83H144O17P2/c1-5-9-13-17-21-25-29-33-36-38-41-44-47-51-55-59-63-67-80(85)93-73-78(99-82(87)69-65-61-57-53-49-43-32-28-24-20-16-12-8-4)75-97-101(89,90)95-71-77(84)72-96-102(91,92)98-76-79(100-83(88)70-66-62-58-54-50-46-40-35-31-27-23-19-15-11-7-3)74-94-81(86)68-64-60-56-52-48-45-42-39-37-34-30-26-22-18-14-10-6-2/h9-10,13-14,21-22,25-26,28,32-37,40,42,45,77-79,84H,5-8,11-12,15-20,23-24,27,29-31,38-39,41,43-44,46-76H2,1-4H3,(H,89,90)(H,91,92)/b13-9-,14-10-,25-21-,26-22-,32-28-,36-33-,37-34-,40-35-,45-42-. The molecule has 0 radical (unpaired) electrons. The molecule has 17 nitrogen and oxygen atoms in total. The van der Waals surface area contributed by atoms with Gasteiger partial charge in [0, 0.05) is 25.7 Å². The molecule has 0 aliphatic heterocycles. The molecule has 5 atom stereocenters. The van der Waals surface area contributed by atoms with Crippen molar-refractivity contribution in [1.82, 2.24) is 0 Å². The second-order valence-electron chi connectivity index (χ2n) is 26.6. The summed E-state index contributed by atoms with van der Waals surface area (Å²) < 4.78 is 68.6. The number of aliphatic hydroxyl groups excluding tert-OH is 1. The summed E-state index contributed by atoms with van der Waals surface area (Å²) >= 11 is 0. The van der Waals surface area contributed by atoms with Gasteiger partial charge in [-0.1, -0.05) is 272 Å². The Morgan fingerprint density at radius 1 is 0.284 bits per heavy atom.